The number of amides is 3. The van der Waals surface area contributed by atoms with Gasteiger partial charge in [0.05, 0.1) is 15.4 Å². The normalized spacial score (nSPS) is 14.0. The van der Waals surface area contributed by atoms with Crippen molar-refractivity contribution in [1.29, 1.82) is 0 Å². The predicted molar refractivity (Wildman–Crippen MR) is 108 cm³/mol. The third-order valence-electron chi connectivity index (χ3n) is 4.97. The number of hydrogen-bond donors (Lipinski definition) is 1. The minimum Gasteiger partial charge on any atom is -0.362 e. The second-order valence-electron chi connectivity index (χ2n) is 7.00. The van der Waals surface area contributed by atoms with Gasteiger partial charge in [-0.25, -0.2) is 4.79 Å². The highest BCUT2D eigenvalue weighted by Crippen LogP contribution is 2.36. The summed E-state index contributed by atoms with van der Waals surface area (Å²) in [6.07, 6.45) is -4.73. The number of imide groups is 1. The first-order valence-corrected chi connectivity index (χ1v) is 9.42. The van der Waals surface area contributed by atoms with Gasteiger partial charge < -0.3 is 9.80 Å². The number of alkyl halides is 3. The van der Waals surface area contributed by atoms with Gasteiger partial charge in [-0.2, -0.15) is 13.2 Å². The van der Waals surface area contributed by atoms with E-state index in [4.69, 9.17) is 0 Å². The van der Waals surface area contributed by atoms with Crippen LogP contribution in [0.4, 0.5) is 35.0 Å². The van der Waals surface area contributed by atoms with Gasteiger partial charge in [0.25, 0.3) is 17.3 Å². The molecule has 1 saturated heterocycles. The number of nitro groups is 2. The highest BCUT2D eigenvalue weighted by Gasteiger charge is 2.34. The average molecular weight is 467 g/mol. The maximum atomic E-state index is 12.9. The van der Waals surface area contributed by atoms with Gasteiger partial charge in [0.15, 0.2) is 0 Å². The number of carbonyl (C=O) groups is 2. The van der Waals surface area contributed by atoms with E-state index in [2.05, 4.69) is 5.32 Å². The minimum atomic E-state index is -4.73. The molecular formula is C19H16F3N5O6. The minimum absolute atomic E-state index is 0.00462. The zero-order valence-electron chi connectivity index (χ0n) is 16.7. The monoisotopic (exact) mass is 467 g/mol. The third-order valence-corrected chi connectivity index (χ3v) is 4.97. The fourth-order valence-electron chi connectivity index (χ4n) is 3.25. The first kappa shape index (κ1) is 23.4. The molecule has 0 bridgehead atoms. The van der Waals surface area contributed by atoms with E-state index in [-0.39, 0.29) is 43.1 Å². The Balaban J connectivity index is 1.63. The highest BCUT2D eigenvalue weighted by atomic mass is 19.4. The van der Waals surface area contributed by atoms with Crippen LogP contribution in [-0.4, -0.2) is 52.9 Å². The van der Waals surface area contributed by atoms with Crippen LogP contribution in [0.5, 0.6) is 0 Å². The molecule has 3 rings (SSSR count). The number of anilines is 1. The summed E-state index contributed by atoms with van der Waals surface area (Å²) in [5.41, 5.74) is -2.02. The SMILES string of the molecule is O=C(NC(=O)N1CCN(c2ccc(C(F)(F)F)cc2[N+](=O)[O-])CC1)c1ccc([N+](=O)[O-])cc1. The van der Waals surface area contributed by atoms with E-state index in [9.17, 15) is 43.0 Å². The first-order chi connectivity index (χ1) is 15.5. The quantitative estimate of drug-likeness (QED) is 0.538. The maximum Gasteiger partial charge on any atom is 0.416 e. The molecule has 0 unspecified atom stereocenters. The fourth-order valence-corrected chi connectivity index (χ4v) is 3.25. The van der Waals surface area contributed by atoms with Crippen LogP contribution in [0.15, 0.2) is 42.5 Å². The molecule has 174 valence electrons. The van der Waals surface area contributed by atoms with Crippen molar-refractivity contribution in [2.24, 2.45) is 0 Å². The number of non-ortho nitro benzene ring substituents is 1. The van der Waals surface area contributed by atoms with Gasteiger partial charge >= 0.3 is 12.2 Å². The Labute approximate surface area is 183 Å². The summed E-state index contributed by atoms with van der Waals surface area (Å²) in [7, 11) is 0. The summed E-state index contributed by atoms with van der Waals surface area (Å²) >= 11 is 0. The van der Waals surface area contributed by atoms with Crippen molar-refractivity contribution < 1.29 is 32.6 Å². The molecule has 14 heteroatoms. The molecular weight excluding hydrogens is 451 g/mol. The van der Waals surface area contributed by atoms with E-state index >= 15 is 0 Å². The van der Waals surface area contributed by atoms with Crippen LogP contribution in [0.1, 0.15) is 15.9 Å². The van der Waals surface area contributed by atoms with Crippen molar-refractivity contribution >= 4 is 29.0 Å². The van der Waals surface area contributed by atoms with Crippen LogP contribution in [0.3, 0.4) is 0 Å². The largest absolute Gasteiger partial charge is 0.416 e. The third kappa shape index (κ3) is 5.34. The lowest BCUT2D eigenvalue weighted by Gasteiger charge is -2.35. The molecule has 1 fully saturated rings. The second-order valence-corrected chi connectivity index (χ2v) is 7.00. The Hall–Kier alpha value is -4.23. The molecule has 1 heterocycles. The second kappa shape index (κ2) is 9.10. The van der Waals surface area contributed by atoms with E-state index in [1.165, 1.54) is 21.9 Å². The average Bonchev–Trinajstić information content (AvgIpc) is 2.78. The van der Waals surface area contributed by atoms with Crippen LogP contribution < -0.4 is 10.2 Å². The Kier molecular flexibility index (Phi) is 6.46. The number of piperazine rings is 1. The lowest BCUT2D eigenvalue weighted by Crippen LogP contribution is -2.53. The molecule has 0 atom stereocenters. The van der Waals surface area contributed by atoms with Crippen molar-refractivity contribution in [3.8, 4) is 0 Å². The van der Waals surface area contributed by atoms with E-state index in [1.807, 2.05) is 0 Å². The number of nitrogens with one attached hydrogen (secondary N) is 1. The van der Waals surface area contributed by atoms with Gasteiger partial charge in [-0.3, -0.25) is 30.3 Å². The molecule has 0 saturated carbocycles. The number of urea groups is 1. The van der Waals surface area contributed by atoms with E-state index < -0.39 is 39.2 Å². The van der Waals surface area contributed by atoms with Gasteiger partial charge in [0, 0.05) is 49.9 Å². The van der Waals surface area contributed by atoms with Gasteiger partial charge in [0.2, 0.25) is 0 Å². The van der Waals surface area contributed by atoms with Crippen molar-refractivity contribution in [3.63, 3.8) is 0 Å². The number of nitro benzene ring substituents is 2. The molecule has 1 N–H and O–H groups in total. The standard InChI is InChI=1S/C19H16F3N5O6/c20-19(21,22)13-3-6-15(16(11-13)27(32)33)24-7-9-25(10-8-24)18(29)23-17(28)12-1-4-14(5-2-12)26(30)31/h1-6,11H,7-10H2,(H,23,28,29). The lowest BCUT2D eigenvalue weighted by molar-refractivity contribution is -0.384. The fraction of sp³-hybridized carbons (Fsp3) is 0.263. The zero-order chi connectivity index (χ0) is 24.3. The number of halogens is 3. The van der Waals surface area contributed by atoms with Crippen molar-refractivity contribution in [3.05, 3.63) is 73.8 Å². The van der Waals surface area contributed by atoms with Crippen molar-refractivity contribution in [2.75, 3.05) is 31.1 Å². The van der Waals surface area contributed by atoms with E-state index in [0.717, 1.165) is 24.3 Å². The van der Waals surface area contributed by atoms with Crippen LogP contribution in [0.25, 0.3) is 0 Å². The van der Waals surface area contributed by atoms with Gasteiger partial charge in [0.1, 0.15) is 5.69 Å². The molecule has 2 aromatic rings. The molecule has 11 nitrogen and oxygen atoms in total. The summed E-state index contributed by atoms with van der Waals surface area (Å²) in [5.74, 6) is -0.768. The number of hydrogen-bond acceptors (Lipinski definition) is 7. The predicted octanol–water partition coefficient (Wildman–Crippen LogP) is 3.19. The lowest BCUT2D eigenvalue weighted by atomic mass is 10.1. The Bertz CT molecular complexity index is 1100. The number of benzene rings is 2. The number of rotatable bonds is 4. The number of nitrogens with zero attached hydrogens (tertiary/aromatic N) is 4. The topological polar surface area (TPSA) is 139 Å². The smallest absolute Gasteiger partial charge is 0.362 e. The molecule has 0 spiro atoms. The molecule has 0 aromatic heterocycles. The van der Waals surface area contributed by atoms with Gasteiger partial charge in [-0.15, -0.1) is 0 Å². The summed E-state index contributed by atoms with van der Waals surface area (Å²) in [6, 6.07) is 6.14. The molecule has 3 amide bonds. The molecule has 1 aliphatic rings. The van der Waals surface area contributed by atoms with E-state index in [1.54, 1.807) is 0 Å². The summed E-state index contributed by atoms with van der Waals surface area (Å²) in [4.78, 5) is 47.7. The van der Waals surface area contributed by atoms with Crippen LogP contribution in [-0.2, 0) is 6.18 Å². The van der Waals surface area contributed by atoms with Gasteiger partial charge in [-0.05, 0) is 24.3 Å². The van der Waals surface area contributed by atoms with Crippen molar-refractivity contribution in [2.45, 2.75) is 6.18 Å². The van der Waals surface area contributed by atoms with Crippen molar-refractivity contribution in [1.82, 2.24) is 10.2 Å². The summed E-state index contributed by atoms with van der Waals surface area (Å²) < 4.78 is 38.6. The van der Waals surface area contributed by atoms with Gasteiger partial charge in [-0.1, -0.05) is 0 Å². The first-order valence-electron chi connectivity index (χ1n) is 9.42. The molecule has 33 heavy (non-hydrogen) atoms. The molecule has 1 aliphatic heterocycles. The maximum absolute atomic E-state index is 12.9. The Morgan fingerprint density at radius 1 is 0.909 bits per heavy atom. The van der Waals surface area contributed by atoms with Crippen LogP contribution in [0, 0.1) is 20.2 Å². The molecule has 0 radical (unpaired) electrons. The highest BCUT2D eigenvalue weighted by molar-refractivity contribution is 6.04. The Morgan fingerprint density at radius 3 is 2.03 bits per heavy atom. The molecule has 2 aromatic carbocycles. The van der Waals surface area contributed by atoms with Crippen LogP contribution >= 0.6 is 0 Å². The zero-order valence-corrected chi connectivity index (χ0v) is 16.7. The number of carbonyl (C=O) groups excluding carboxylic acids is 2. The summed E-state index contributed by atoms with van der Waals surface area (Å²) in [5, 5.41) is 24.1. The van der Waals surface area contributed by atoms with Crippen LogP contribution in [0.2, 0.25) is 0 Å². The Morgan fingerprint density at radius 2 is 1.52 bits per heavy atom. The summed E-state index contributed by atoms with van der Waals surface area (Å²) in [6.45, 7) is 0.284. The molecule has 0 aliphatic carbocycles. The van der Waals surface area contributed by atoms with E-state index in [0.29, 0.717) is 6.07 Å².